The van der Waals surface area contributed by atoms with Gasteiger partial charge in [-0.05, 0) is 90.7 Å². The Bertz CT molecular complexity index is 2700. The first kappa shape index (κ1) is 54.3. The topological polar surface area (TPSA) is 342 Å². The van der Waals surface area contributed by atoms with E-state index in [1.165, 1.54) is 36.4 Å². The van der Waals surface area contributed by atoms with E-state index in [1.54, 1.807) is 66.7 Å². The number of esters is 2. The molecule has 5 aromatic rings. The Morgan fingerprint density at radius 3 is 1.46 bits per heavy atom. The molecule has 1 fully saturated rings. The minimum absolute atomic E-state index is 0. The molecular weight excluding hydrogens is 953 g/mol. The monoisotopic (exact) mass is 993 g/mol. The van der Waals surface area contributed by atoms with E-state index in [4.69, 9.17) is 45.5 Å². The number of nitrogens with zero attached hydrogens (tertiary/aromatic N) is 5. The highest BCUT2D eigenvalue weighted by Crippen LogP contribution is 2.32. The number of anilines is 4. The number of aliphatic imine (C=N–C) groups is 2. The van der Waals surface area contributed by atoms with Gasteiger partial charge in [0.25, 0.3) is 17.1 Å². The van der Waals surface area contributed by atoms with Gasteiger partial charge in [-0.15, -0.1) is 12.4 Å². The number of carboxylic acid groups (broad SMARTS) is 1. The average Bonchev–Trinajstić information content (AvgIpc) is 4.02. The molecule has 0 aromatic heterocycles. The Morgan fingerprint density at radius 2 is 1.06 bits per heavy atom. The van der Waals surface area contributed by atoms with Crippen LogP contribution in [-0.4, -0.2) is 55.1 Å². The van der Waals surface area contributed by atoms with Crippen molar-refractivity contribution in [1.29, 1.82) is 0 Å². The molecule has 21 nitrogen and oxygen atoms in total. The summed E-state index contributed by atoms with van der Waals surface area (Å²) in [5.74, 6) is -1.77. The van der Waals surface area contributed by atoms with E-state index in [1.807, 2.05) is 0 Å². The maximum absolute atomic E-state index is 12.0. The molecule has 5 aromatic carbocycles. The molecule has 1 saturated heterocycles. The second-order valence-corrected chi connectivity index (χ2v) is 15.1. The zero-order valence-electron chi connectivity index (χ0n) is 35.5. The largest absolute Gasteiger partial charge is 0.481 e. The lowest BCUT2D eigenvalue weighted by atomic mass is 10.1. The van der Waals surface area contributed by atoms with Crippen LogP contribution in [0.1, 0.15) is 49.7 Å². The van der Waals surface area contributed by atoms with E-state index in [0.29, 0.717) is 54.2 Å². The van der Waals surface area contributed by atoms with E-state index in [9.17, 15) is 49.5 Å². The molecule has 0 spiro atoms. The van der Waals surface area contributed by atoms with Gasteiger partial charge in [0, 0.05) is 88.5 Å². The molecule has 0 bridgehead atoms. The third-order valence-electron chi connectivity index (χ3n) is 9.20. The van der Waals surface area contributed by atoms with Crippen LogP contribution in [0.15, 0.2) is 113 Å². The molecule has 0 unspecified atom stereocenters. The number of hydrogen-bond acceptors (Lipinski definition) is 16. The van der Waals surface area contributed by atoms with Crippen LogP contribution in [0.2, 0.25) is 10.0 Å². The maximum Gasteiger partial charge on any atom is 0.314 e. The van der Waals surface area contributed by atoms with E-state index < -0.39 is 32.7 Å². The Balaban J connectivity index is 0.000000242. The van der Waals surface area contributed by atoms with Crippen molar-refractivity contribution in [3.05, 3.63) is 155 Å². The smallest absolute Gasteiger partial charge is 0.314 e. The minimum Gasteiger partial charge on any atom is -0.481 e. The number of rotatable bonds is 10. The first-order valence-electron chi connectivity index (χ1n) is 19.7. The number of halogens is 3. The summed E-state index contributed by atoms with van der Waals surface area (Å²) in [7, 11) is 0. The summed E-state index contributed by atoms with van der Waals surface area (Å²) >= 11 is 11.4. The lowest BCUT2D eigenvalue weighted by molar-refractivity contribution is -0.385. The Hall–Kier alpha value is -8.01. The van der Waals surface area contributed by atoms with Crippen LogP contribution < -0.4 is 22.5 Å². The van der Waals surface area contributed by atoms with Crippen molar-refractivity contribution >= 4 is 122 Å². The molecule has 356 valence electrons. The van der Waals surface area contributed by atoms with Crippen molar-refractivity contribution in [2.45, 2.75) is 51.4 Å². The molecule has 8 rings (SSSR count). The van der Waals surface area contributed by atoms with Crippen LogP contribution in [0.25, 0.3) is 0 Å². The Kier molecular flexibility index (Phi) is 20.9. The second-order valence-electron chi connectivity index (χ2n) is 14.3. The highest BCUT2D eigenvalue weighted by Gasteiger charge is 2.21. The van der Waals surface area contributed by atoms with Crippen molar-refractivity contribution in [2.24, 2.45) is 9.98 Å². The van der Waals surface area contributed by atoms with Crippen LogP contribution in [0.3, 0.4) is 0 Å². The Morgan fingerprint density at radius 1 is 0.632 bits per heavy atom. The summed E-state index contributed by atoms with van der Waals surface area (Å²) in [4.78, 5) is 81.3. The van der Waals surface area contributed by atoms with Crippen molar-refractivity contribution in [3.8, 4) is 0 Å². The highest BCUT2D eigenvalue weighted by atomic mass is 35.5. The molecule has 3 aliphatic heterocycles. The quantitative estimate of drug-likeness (QED) is 0.0286. The molecule has 0 aliphatic carbocycles. The fourth-order valence-electron chi connectivity index (χ4n) is 5.86. The van der Waals surface area contributed by atoms with E-state index in [2.05, 4.69) is 20.0 Å². The van der Waals surface area contributed by atoms with Gasteiger partial charge in [-0.1, -0.05) is 23.2 Å². The van der Waals surface area contributed by atoms with Crippen molar-refractivity contribution < 1.29 is 43.8 Å². The first-order valence-corrected chi connectivity index (χ1v) is 20.5. The minimum atomic E-state index is -0.866. The number of nitrogen functional groups attached to an aromatic ring is 3. The predicted molar refractivity (Wildman–Crippen MR) is 259 cm³/mol. The lowest BCUT2D eigenvalue weighted by Crippen LogP contribution is -2.13. The number of carbonyl (C=O) groups excluding carboxylic acids is 3. The number of amides is 1. The van der Waals surface area contributed by atoms with Crippen LogP contribution in [0.5, 0.6) is 0 Å². The molecule has 0 radical (unpaired) electrons. The van der Waals surface area contributed by atoms with Gasteiger partial charge in [-0.3, -0.25) is 59.5 Å². The Labute approximate surface area is 402 Å². The van der Waals surface area contributed by atoms with Gasteiger partial charge in [-0.2, -0.15) is 0 Å². The normalized spacial score (nSPS) is 12.3. The summed E-state index contributed by atoms with van der Waals surface area (Å²) in [6, 6.07) is 27.0. The summed E-state index contributed by atoms with van der Waals surface area (Å²) in [6.07, 6.45) is 2.82. The molecule has 1 amide bonds. The third kappa shape index (κ3) is 18.1. The summed E-state index contributed by atoms with van der Waals surface area (Å²) < 4.78 is 4.08. The SMILES string of the molecule is Cl.Nc1ccc(Cl)cc1.Nc1ccc([N+](=O)[O-])cc1N.O=C(CCC1=Nc2ccc([N+](=O)[O-])cc2C1)Nc1ccc(Cl)cc1.O=C(O)CCC1=Nc2ccc([N+](=O)[O-])cc2C1.O=C1CCC(=O)O1. The molecule has 8 N–H and O–H groups in total. The fourth-order valence-corrected chi connectivity index (χ4v) is 6.11. The predicted octanol–water partition coefficient (Wildman–Crippen LogP) is 9.34. The number of nitro groups is 3. The molecule has 3 aliphatic rings. The lowest BCUT2D eigenvalue weighted by Gasteiger charge is -2.05. The van der Waals surface area contributed by atoms with Gasteiger partial charge < -0.3 is 32.4 Å². The van der Waals surface area contributed by atoms with Crippen LogP contribution in [-0.2, 0) is 36.8 Å². The summed E-state index contributed by atoms with van der Waals surface area (Å²) in [6.45, 7) is 0. The second kappa shape index (κ2) is 26.2. The average molecular weight is 995 g/mol. The molecule has 3 heterocycles. The van der Waals surface area contributed by atoms with Crippen molar-refractivity contribution in [1.82, 2.24) is 0 Å². The third-order valence-corrected chi connectivity index (χ3v) is 9.71. The zero-order chi connectivity index (χ0) is 49.2. The summed E-state index contributed by atoms with van der Waals surface area (Å²) in [5, 5.41) is 44.3. The molecule has 0 saturated carbocycles. The number of ether oxygens (including phenoxy) is 1. The van der Waals surface area contributed by atoms with E-state index in [-0.39, 0.29) is 60.3 Å². The van der Waals surface area contributed by atoms with E-state index in [0.717, 1.165) is 38.9 Å². The van der Waals surface area contributed by atoms with Gasteiger partial charge in [0.1, 0.15) is 0 Å². The molecule has 0 atom stereocenters. The van der Waals surface area contributed by atoms with Crippen LogP contribution in [0, 0.1) is 30.3 Å². The zero-order valence-corrected chi connectivity index (χ0v) is 37.9. The molecular formula is C44H42Cl3N9O12. The van der Waals surface area contributed by atoms with Gasteiger partial charge in [-0.25, -0.2) is 0 Å². The summed E-state index contributed by atoms with van der Waals surface area (Å²) in [5.41, 5.74) is 22.8. The number of nitrogens with one attached hydrogen (secondary N) is 1. The number of carbonyl (C=O) groups is 4. The van der Waals surface area contributed by atoms with Gasteiger partial charge in [0.05, 0.1) is 56.8 Å². The van der Waals surface area contributed by atoms with Crippen LogP contribution in [0.4, 0.5) is 51.2 Å². The number of benzene rings is 5. The van der Waals surface area contributed by atoms with Crippen LogP contribution >= 0.6 is 35.6 Å². The number of non-ortho nitro benzene ring substituents is 3. The fraction of sp³-hybridized carbons (Fsp3) is 0.182. The number of cyclic esters (lactones) is 2. The number of hydrogen-bond donors (Lipinski definition) is 5. The van der Waals surface area contributed by atoms with Gasteiger partial charge >= 0.3 is 17.9 Å². The number of nitro benzene ring substituents is 3. The number of aliphatic carboxylic acids is 1. The highest BCUT2D eigenvalue weighted by molar-refractivity contribution is 6.31. The number of carboxylic acids is 1. The standard InChI is InChI=1S/C17H14ClN3O3.C11H10N2O4.C6H6ClN.C6H7N3O2.C4H4O3.ClH/c18-12-1-3-13(4-2-12)20-17(22)8-5-14-9-11-10-15(21(23)24)6-7-16(11)19-14;14-11(15)4-1-8-5-7-6-9(13(16)17)2-3-10(7)12-8;7-5-1-3-6(8)4-2-5;7-5-2-1-4(9(10)11)3-6(5)8;5-3-1-2-4(6)7-3;/h1-4,6-7,10H,5,8-9H2,(H,20,22);2-3,6H,1,4-5H2,(H,14,15);1-4H,8H2;1-3H,7-8H2;1-2H2;1H. The van der Waals surface area contributed by atoms with E-state index >= 15 is 0 Å². The maximum atomic E-state index is 12.0. The van der Waals surface area contributed by atoms with Crippen molar-refractivity contribution in [3.63, 3.8) is 0 Å². The number of nitrogens with two attached hydrogens (primary N) is 3. The molecule has 68 heavy (non-hydrogen) atoms. The van der Waals surface area contributed by atoms with Gasteiger partial charge in [0.2, 0.25) is 5.91 Å². The van der Waals surface area contributed by atoms with Crippen molar-refractivity contribution in [2.75, 3.05) is 22.5 Å². The van der Waals surface area contributed by atoms with Gasteiger partial charge in [0.15, 0.2) is 0 Å². The number of fused-ring (bicyclic) bond motifs is 2. The molecule has 24 heteroatoms. The first-order chi connectivity index (χ1) is 31.8.